The fraction of sp³-hybridized carbons (Fsp3) is 1.00. The summed E-state index contributed by atoms with van der Waals surface area (Å²) in [6, 6.07) is 0. The molecule has 0 heteroatoms. The van der Waals surface area contributed by atoms with Gasteiger partial charge in [0.15, 0.2) is 0 Å². The maximum atomic E-state index is 2.65. The van der Waals surface area contributed by atoms with Crippen LogP contribution < -0.4 is 0 Å². The molecule has 3 aliphatic rings. The normalized spacial score (nSPS) is 51.0. The highest BCUT2D eigenvalue weighted by atomic mass is 14.6. The van der Waals surface area contributed by atoms with Gasteiger partial charge in [-0.15, -0.1) is 0 Å². The van der Waals surface area contributed by atoms with Crippen LogP contribution in [0.5, 0.6) is 0 Å². The van der Waals surface area contributed by atoms with Gasteiger partial charge >= 0.3 is 0 Å². The molecule has 0 aliphatic heterocycles. The fourth-order valence-electron chi connectivity index (χ4n) is 6.66. The van der Waals surface area contributed by atoms with E-state index in [1.807, 2.05) is 0 Å². The Balaban J connectivity index is 2.50. The molecule has 0 aromatic heterocycles. The van der Waals surface area contributed by atoms with Crippen molar-refractivity contribution in [2.45, 2.75) is 87.5 Å². The lowest BCUT2D eigenvalue weighted by molar-refractivity contribution is -0.128. The Morgan fingerprint density at radius 3 is 2.14 bits per heavy atom. The summed E-state index contributed by atoms with van der Waals surface area (Å²) in [5.41, 5.74) is 1.01. The van der Waals surface area contributed by atoms with Gasteiger partial charge in [0.1, 0.15) is 0 Å². The Bertz CT molecular complexity index is 357. The smallest absolute Gasteiger partial charge is 0.0220 e. The molecule has 3 saturated carbocycles. The van der Waals surface area contributed by atoms with Gasteiger partial charge < -0.3 is 0 Å². The molecule has 0 N–H and O–H groups in total. The predicted octanol–water partition coefficient (Wildman–Crippen LogP) is 6.79. The van der Waals surface area contributed by atoms with Crippen molar-refractivity contribution in [1.29, 1.82) is 0 Å². The second-order valence-electron chi connectivity index (χ2n) is 9.59. The summed E-state index contributed by atoms with van der Waals surface area (Å²) in [6.45, 7) is 20.4. The van der Waals surface area contributed by atoms with Gasteiger partial charge in [-0.05, 0) is 72.0 Å². The minimum Gasteiger partial charge on any atom is -0.0654 e. The molecule has 7 unspecified atom stereocenters. The SMILES string of the molecule is CCCC1(C)CC2CC(C)C(CC2C)C(C)C1(C)C(C)C. The third-order valence-electron chi connectivity index (χ3n) is 8.46. The molecule has 2 bridgehead atoms. The molecule has 3 aliphatic carbocycles. The van der Waals surface area contributed by atoms with E-state index in [9.17, 15) is 0 Å². The number of rotatable bonds is 3. The van der Waals surface area contributed by atoms with Crippen molar-refractivity contribution >= 4 is 0 Å². The van der Waals surface area contributed by atoms with Crippen LogP contribution in [-0.4, -0.2) is 0 Å². The van der Waals surface area contributed by atoms with E-state index < -0.39 is 0 Å². The van der Waals surface area contributed by atoms with Crippen molar-refractivity contribution in [3.8, 4) is 0 Å². The molecule has 21 heavy (non-hydrogen) atoms. The number of hydrogen-bond acceptors (Lipinski definition) is 0. The molecule has 0 amide bonds. The molecular weight excluding hydrogens is 252 g/mol. The van der Waals surface area contributed by atoms with E-state index >= 15 is 0 Å². The minimum atomic E-state index is 0.487. The van der Waals surface area contributed by atoms with E-state index in [1.165, 1.54) is 32.1 Å². The van der Waals surface area contributed by atoms with Crippen LogP contribution in [0.2, 0.25) is 0 Å². The summed E-state index contributed by atoms with van der Waals surface area (Å²) < 4.78 is 0. The quantitative estimate of drug-likeness (QED) is 0.537. The van der Waals surface area contributed by atoms with Crippen LogP contribution in [0, 0.1) is 46.3 Å². The van der Waals surface area contributed by atoms with Gasteiger partial charge in [0, 0.05) is 0 Å². The molecule has 7 atom stereocenters. The summed E-state index contributed by atoms with van der Waals surface area (Å²) in [4.78, 5) is 0. The van der Waals surface area contributed by atoms with Crippen LogP contribution in [0.3, 0.4) is 0 Å². The zero-order valence-corrected chi connectivity index (χ0v) is 16.0. The molecule has 0 saturated heterocycles. The van der Waals surface area contributed by atoms with Gasteiger partial charge in [0.2, 0.25) is 0 Å². The molecule has 0 spiro atoms. The largest absolute Gasteiger partial charge is 0.0654 e. The Labute approximate surface area is 134 Å². The van der Waals surface area contributed by atoms with Gasteiger partial charge in [0.25, 0.3) is 0 Å². The van der Waals surface area contributed by atoms with Crippen molar-refractivity contribution in [3.63, 3.8) is 0 Å². The molecule has 3 rings (SSSR count). The Morgan fingerprint density at radius 1 is 1.00 bits per heavy atom. The van der Waals surface area contributed by atoms with E-state index in [1.54, 1.807) is 0 Å². The first-order valence-electron chi connectivity index (χ1n) is 9.67. The number of hydrogen-bond donors (Lipinski definition) is 0. The molecule has 0 aromatic rings. The molecule has 3 fully saturated rings. The van der Waals surface area contributed by atoms with E-state index in [0.29, 0.717) is 10.8 Å². The van der Waals surface area contributed by atoms with E-state index in [-0.39, 0.29) is 0 Å². The lowest BCUT2D eigenvalue weighted by Crippen LogP contribution is -2.54. The average Bonchev–Trinajstić information content (AvgIpc) is 2.39. The van der Waals surface area contributed by atoms with E-state index in [4.69, 9.17) is 0 Å². The zero-order valence-electron chi connectivity index (χ0n) is 16.0. The summed E-state index contributed by atoms with van der Waals surface area (Å²) in [6.07, 6.45) is 7.20. The fourth-order valence-corrected chi connectivity index (χ4v) is 6.66. The van der Waals surface area contributed by atoms with Crippen molar-refractivity contribution < 1.29 is 0 Å². The topological polar surface area (TPSA) is 0 Å². The molecule has 0 aromatic carbocycles. The van der Waals surface area contributed by atoms with Crippen LogP contribution in [0.4, 0.5) is 0 Å². The van der Waals surface area contributed by atoms with Gasteiger partial charge in [-0.2, -0.15) is 0 Å². The van der Waals surface area contributed by atoms with Crippen molar-refractivity contribution in [3.05, 3.63) is 0 Å². The van der Waals surface area contributed by atoms with Crippen LogP contribution in [-0.2, 0) is 0 Å². The van der Waals surface area contributed by atoms with Gasteiger partial charge in [-0.3, -0.25) is 0 Å². The first-order chi connectivity index (χ1) is 9.67. The lowest BCUT2D eigenvalue weighted by atomic mass is 9.43. The number of fused-ring (bicyclic) bond motifs is 5. The first kappa shape index (κ1) is 17.4. The monoisotopic (exact) mass is 292 g/mol. The minimum absolute atomic E-state index is 0.487. The average molecular weight is 293 g/mol. The van der Waals surface area contributed by atoms with E-state index in [2.05, 4.69) is 55.4 Å². The molecule has 124 valence electrons. The van der Waals surface area contributed by atoms with Gasteiger partial charge in [-0.1, -0.05) is 61.8 Å². The van der Waals surface area contributed by atoms with Crippen LogP contribution >= 0.6 is 0 Å². The second kappa shape index (κ2) is 5.89. The van der Waals surface area contributed by atoms with Crippen molar-refractivity contribution in [1.82, 2.24) is 0 Å². The summed E-state index contributed by atoms with van der Waals surface area (Å²) in [5, 5.41) is 0. The van der Waals surface area contributed by atoms with Crippen LogP contribution in [0.15, 0.2) is 0 Å². The zero-order chi connectivity index (χ0) is 16.0. The Hall–Kier alpha value is 0. The highest BCUT2D eigenvalue weighted by Gasteiger charge is 2.56. The maximum absolute atomic E-state index is 2.65. The van der Waals surface area contributed by atoms with E-state index in [0.717, 1.165) is 35.5 Å². The predicted molar refractivity (Wildman–Crippen MR) is 94.3 cm³/mol. The highest BCUT2D eigenvalue weighted by Crippen LogP contribution is 2.63. The first-order valence-corrected chi connectivity index (χ1v) is 9.67. The summed E-state index contributed by atoms with van der Waals surface area (Å²) >= 11 is 0. The maximum Gasteiger partial charge on any atom is -0.0220 e. The van der Waals surface area contributed by atoms with Gasteiger partial charge in [0.05, 0.1) is 0 Å². The molecule has 0 radical (unpaired) electrons. The standard InChI is InChI=1S/C21H40/c1-9-10-20(7)13-18-11-16(5)19(12-15(18)4)17(6)21(20,8)14(2)3/h14-19H,9-13H2,1-8H3. The second-order valence-corrected chi connectivity index (χ2v) is 9.59. The highest BCUT2D eigenvalue weighted by molar-refractivity contribution is 5.05. The molecule has 0 nitrogen and oxygen atoms in total. The van der Waals surface area contributed by atoms with Crippen molar-refractivity contribution in [2.75, 3.05) is 0 Å². The summed E-state index contributed by atoms with van der Waals surface area (Å²) in [5.74, 6) is 5.43. The Morgan fingerprint density at radius 2 is 1.62 bits per heavy atom. The third kappa shape index (κ3) is 2.59. The Kier molecular flexibility index (Phi) is 4.87. The summed E-state index contributed by atoms with van der Waals surface area (Å²) in [7, 11) is 0. The van der Waals surface area contributed by atoms with Gasteiger partial charge in [-0.25, -0.2) is 0 Å². The molecule has 0 heterocycles. The molecular formula is C21H40. The lowest BCUT2D eigenvalue weighted by Gasteiger charge is -2.62. The van der Waals surface area contributed by atoms with Crippen LogP contribution in [0.1, 0.15) is 87.5 Å². The van der Waals surface area contributed by atoms with Crippen LogP contribution in [0.25, 0.3) is 0 Å². The van der Waals surface area contributed by atoms with Crippen molar-refractivity contribution in [2.24, 2.45) is 46.3 Å². The third-order valence-corrected chi connectivity index (χ3v) is 8.46.